The van der Waals surface area contributed by atoms with Crippen molar-refractivity contribution in [2.75, 3.05) is 7.11 Å². The van der Waals surface area contributed by atoms with Crippen molar-refractivity contribution in [3.8, 4) is 22.8 Å². The molecule has 1 heterocycles. The molecule has 0 saturated heterocycles. The van der Waals surface area contributed by atoms with Crippen LogP contribution in [0.2, 0.25) is 0 Å². The summed E-state index contributed by atoms with van der Waals surface area (Å²) in [6.07, 6.45) is 0. The highest BCUT2D eigenvalue weighted by Gasteiger charge is 2.19. The van der Waals surface area contributed by atoms with E-state index >= 15 is 0 Å². The number of aromatic nitrogens is 2. The second kappa shape index (κ2) is 4.93. The molecule has 2 aromatic rings. The molecule has 0 aliphatic rings. The maximum atomic E-state index is 10.8. The number of aromatic hydroxyl groups is 1. The van der Waals surface area contributed by atoms with Crippen molar-refractivity contribution < 1.29 is 19.7 Å². The Morgan fingerprint density at radius 1 is 1.47 bits per heavy atom. The summed E-state index contributed by atoms with van der Waals surface area (Å²) in [5.41, 5.74) is 1.48. The van der Waals surface area contributed by atoms with Gasteiger partial charge in [0.25, 0.3) is 0 Å². The fourth-order valence-corrected chi connectivity index (χ4v) is 2.51. The van der Waals surface area contributed by atoms with Crippen molar-refractivity contribution in [1.82, 2.24) is 10.2 Å². The Bertz CT molecular complexity index is 651. The molecule has 100 valence electrons. The summed E-state index contributed by atoms with van der Waals surface area (Å²) in [5.74, 6) is -0.918. The van der Waals surface area contributed by atoms with Gasteiger partial charge in [0.05, 0.1) is 22.8 Å². The van der Waals surface area contributed by atoms with Gasteiger partial charge in [-0.2, -0.15) is 5.10 Å². The molecule has 0 unspecified atom stereocenters. The highest BCUT2D eigenvalue weighted by Crippen LogP contribution is 2.43. The molecule has 7 heteroatoms. The van der Waals surface area contributed by atoms with E-state index in [1.165, 1.54) is 13.2 Å². The van der Waals surface area contributed by atoms with Crippen molar-refractivity contribution in [2.45, 2.75) is 6.92 Å². The highest BCUT2D eigenvalue weighted by molar-refractivity contribution is 9.10. The van der Waals surface area contributed by atoms with Gasteiger partial charge in [-0.05, 0) is 40.5 Å². The molecule has 0 saturated carbocycles. The fourth-order valence-electron chi connectivity index (χ4n) is 1.82. The molecule has 0 aliphatic heterocycles. The molecule has 3 N–H and O–H groups in total. The number of phenols is 1. The maximum Gasteiger partial charge on any atom is 0.353 e. The first-order valence-corrected chi connectivity index (χ1v) is 6.10. The van der Waals surface area contributed by atoms with Crippen molar-refractivity contribution in [1.29, 1.82) is 0 Å². The van der Waals surface area contributed by atoms with Gasteiger partial charge in [-0.25, -0.2) is 4.79 Å². The lowest BCUT2D eigenvalue weighted by Gasteiger charge is -2.12. The third-order valence-corrected chi connectivity index (χ3v) is 3.26. The molecule has 1 aromatic carbocycles. The van der Waals surface area contributed by atoms with E-state index in [-0.39, 0.29) is 17.2 Å². The van der Waals surface area contributed by atoms with E-state index in [4.69, 9.17) is 9.84 Å². The van der Waals surface area contributed by atoms with Crippen molar-refractivity contribution >= 4 is 21.9 Å². The van der Waals surface area contributed by atoms with Gasteiger partial charge >= 0.3 is 5.97 Å². The number of aromatic carboxylic acids is 1. The molecule has 0 fully saturated rings. The molecular formula is C12H11BrN2O4. The van der Waals surface area contributed by atoms with E-state index in [1.807, 2.05) is 0 Å². The van der Waals surface area contributed by atoms with Gasteiger partial charge in [-0.15, -0.1) is 0 Å². The topological polar surface area (TPSA) is 95.4 Å². The molecule has 19 heavy (non-hydrogen) atoms. The van der Waals surface area contributed by atoms with Crippen LogP contribution in [0.3, 0.4) is 0 Å². The number of carboxylic acids is 1. The zero-order valence-corrected chi connectivity index (χ0v) is 11.8. The summed E-state index contributed by atoms with van der Waals surface area (Å²) in [6.45, 7) is 1.79. The number of phenolic OH excluding ortho intramolecular Hbond substituents is 1. The Balaban J connectivity index is 2.64. The number of benzene rings is 1. The van der Waals surface area contributed by atoms with E-state index in [0.717, 1.165) is 5.56 Å². The average molecular weight is 327 g/mol. The molecule has 0 aliphatic carbocycles. The number of nitrogens with zero attached hydrogens (tertiary/aromatic N) is 1. The van der Waals surface area contributed by atoms with E-state index in [9.17, 15) is 9.90 Å². The monoisotopic (exact) mass is 326 g/mol. The molecule has 0 spiro atoms. The Morgan fingerprint density at radius 2 is 2.16 bits per heavy atom. The van der Waals surface area contributed by atoms with Crippen LogP contribution in [0.15, 0.2) is 16.6 Å². The van der Waals surface area contributed by atoms with E-state index in [0.29, 0.717) is 15.7 Å². The number of hydrogen-bond acceptors (Lipinski definition) is 4. The first kappa shape index (κ1) is 13.4. The lowest BCUT2D eigenvalue weighted by atomic mass is 10.0. The third kappa shape index (κ3) is 2.28. The molecular weight excluding hydrogens is 316 g/mol. The predicted molar refractivity (Wildman–Crippen MR) is 71.6 cm³/mol. The number of H-pyrrole nitrogens is 1. The van der Waals surface area contributed by atoms with Gasteiger partial charge in [0, 0.05) is 0 Å². The van der Waals surface area contributed by atoms with Crippen molar-refractivity contribution in [2.24, 2.45) is 0 Å². The van der Waals surface area contributed by atoms with Crippen LogP contribution in [-0.4, -0.2) is 33.5 Å². The minimum atomic E-state index is -1.11. The fraction of sp³-hybridized carbons (Fsp3) is 0.167. The number of rotatable bonds is 3. The summed E-state index contributed by atoms with van der Waals surface area (Å²) < 4.78 is 5.71. The summed E-state index contributed by atoms with van der Waals surface area (Å²) in [4.78, 5) is 10.8. The van der Waals surface area contributed by atoms with Gasteiger partial charge in [0.2, 0.25) is 0 Å². The molecule has 6 nitrogen and oxygen atoms in total. The number of aromatic amines is 1. The van der Waals surface area contributed by atoms with Crippen LogP contribution in [0, 0.1) is 6.92 Å². The number of carbonyl (C=O) groups is 1. The number of nitrogens with one attached hydrogen (secondary N) is 1. The zero-order valence-electron chi connectivity index (χ0n) is 10.2. The van der Waals surface area contributed by atoms with Crippen molar-refractivity contribution in [3.05, 3.63) is 27.9 Å². The minimum Gasteiger partial charge on any atom is -0.504 e. The Hall–Kier alpha value is -2.02. The first-order chi connectivity index (χ1) is 8.95. The van der Waals surface area contributed by atoms with Crippen molar-refractivity contribution in [3.63, 3.8) is 0 Å². The van der Waals surface area contributed by atoms with Gasteiger partial charge < -0.3 is 14.9 Å². The lowest BCUT2D eigenvalue weighted by molar-refractivity contribution is 0.0690. The normalized spacial score (nSPS) is 10.5. The summed E-state index contributed by atoms with van der Waals surface area (Å²) in [7, 11) is 1.44. The molecule has 0 bridgehead atoms. The number of methoxy groups -OCH3 is 1. The van der Waals surface area contributed by atoms with Gasteiger partial charge in [0.1, 0.15) is 5.69 Å². The lowest BCUT2D eigenvalue weighted by Crippen LogP contribution is -1.95. The number of aryl methyl sites for hydroxylation is 1. The van der Waals surface area contributed by atoms with Crippen LogP contribution in [0.25, 0.3) is 11.3 Å². The molecule has 0 atom stereocenters. The summed E-state index contributed by atoms with van der Waals surface area (Å²) in [5, 5.41) is 25.4. The van der Waals surface area contributed by atoms with Crippen LogP contribution >= 0.6 is 15.9 Å². The average Bonchev–Trinajstić information content (AvgIpc) is 2.78. The highest BCUT2D eigenvalue weighted by atomic mass is 79.9. The van der Waals surface area contributed by atoms with Crippen LogP contribution in [0.5, 0.6) is 11.5 Å². The predicted octanol–water partition coefficient (Wildman–Crippen LogP) is 2.56. The Morgan fingerprint density at radius 3 is 2.68 bits per heavy atom. The SMILES string of the molecule is COc1c(Br)cc(C)c(-c2cc(C(=O)O)[nH]n2)c1O. The van der Waals surface area contributed by atoms with Gasteiger partial charge in [-0.1, -0.05) is 0 Å². The number of carboxylic acid groups (broad SMARTS) is 1. The molecule has 1 aromatic heterocycles. The standard InChI is InChI=1S/C12H11BrN2O4/c1-5-3-6(13)11(19-2)10(16)9(5)7-4-8(12(17)18)15-14-7/h3-4,16H,1-2H3,(H,14,15)(H,17,18). The largest absolute Gasteiger partial charge is 0.504 e. The number of halogens is 1. The zero-order chi connectivity index (χ0) is 14.2. The van der Waals surface area contributed by atoms with Crippen LogP contribution in [0.4, 0.5) is 0 Å². The second-order valence-electron chi connectivity index (χ2n) is 3.90. The van der Waals surface area contributed by atoms with Crippen LogP contribution in [-0.2, 0) is 0 Å². The van der Waals surface area contributed by atoms with Gasteiger partial charge in [-0.3, -0.25) is 5.10 Å². The Kier molecular flexibility index (Phi) is 3.48. The van der Waals surface area contributed by atoms with Crippen LogP contribution < -0.4 is 4.74 Å². The third-order valence-electron chi connectivity index (χ3n) is 2.67. The number of ether oxygens (including phenoxy) is 1. The first-order valence-electron chi connectivity index (χ1n) is 5.30. The van der Waals surface area contributed by atoms with Gasteiger partial charge in [0.15, 0.2) is 11.5 Å². The Labute approximate surface area is 117 Å². The number of hydrogen-bond donors (Lipinski definition) is 3. The van der Waals surface area contributed by atoms with Crippen LogP contribution in [0.1, 0.15) is 16.1 Å². The molecule has 0 radical (unpaired) electrons. The quantitative estimate of drug-likeness (QED) is 0.805. The summed E-state index contributed by atoms with van der Waals surface area (Å²) >= 11 is 3.29. The smallest absolute Gasteiger partial charge is 0.353 e. The minimum absolute atomic E-state index is 0.0457. The maximum absolute atomic E-state index is 10.8. The van der Waals surface area contributed by atoms with E-state index in [2.05, 4.69) is 26.1 Å². The van der Waals surface area contributed by atoms with E-state index < -0.39 is 5.97 Å². The second-order valence-corrected chi connectivity index (χ2v) is 4.76. The molecule has 2 rings (SSSR count). The molecule has 0 amide bonds. The van der Waals surface area contributed by atoms with E-state index in [1.54, 1.807) is 13.0 Å². The summed E-state index contributed by atoms with van der Waals surface area (Å²) in [6, 6.07) is 3.13.